The molecular formula is C14H18FN3. The summed E-state index contributed by atoms with van der Waals surface area (Å²) in [5.74, 6) is -0.361. The van der Waals surface area contributed by atoms with Crippen LogP contribution in [0.4, 0.5) is 10.1 Å². The average Bonchev–Trinajstić information content (AvgIpc) is 2.38. The minimum absolute atomic E-state index is 0.340. The van der Waals surface area contributed by atoms with Crippen LogP contribution < -0.4 is 5.32 Å². The van der Waals surface area contributed by atoms with Gasteiger partial charge in [0.05, 0.1) is 11.6 Å². The van der Waals surface area contributed by atoms with Gasteiger partial charge in [-0.25, -0.2) is 4.39 Å². The average molecular weight is 247 g/mol. The van der Waals surface area contributed by atoms with Crippen LogP contribution in [0.25, 0.3) is 0 Å². The zero-order valence-corrected chi connectivity index (χ0v) is 10.6. The number of nitrogens with one attached hydrogen (secondary N) is 1. The number of likely N-dealkylation sites (tertiary alicyclic amines) is 1. The molecule has 1 atom stereocenters. The van der Waals surface area contributed by atoms with Crippen LogP contribution in [-0.2, 0) is 0 Å². The van der Waals surface area contributed by atoms with E-state index in [9.17, 15) is 4.39 Å². The van der Waals surface area contributed by atoms with Crippen molar-refractivity contribution in [3.8, 4) is 6.07 Å². The number of benzene rings is 1. The Morgan fingerprint density at radius 3 is 3.06 bits per heavy atom. The molecule has 2 rings (SSSR count). The number of nitrogens with zero attached hydrogens (tertiary/aromatic N) is 2. The second kappa shape index (κ2) is 5.83. The highest BCUT2D eigenvalue weighted by molar-refractivity contribution is 5.50. The molecule has 4 heteroatoms. The Morgan fingerprint density at radius 2 is 2.33 bits per heavy atom. The third-order valence-corrected chi connectivity index (χ3v) is 3.35. The van der Waals surface area contributed by atoms with E-state index in [2.05, 4.69) is 17.1 Å². The van der Waals surface area contributed by atoms with Gasteiger partial charge in [-0.1, -0.05) is 6.92 Å². The second-order valence-electron chi connectivity index (χ2n) is 4.72. The first kappa shape index (κ1) is 12.8. The maximum absolute atomic E-state index is 13.3. The summed E-state index contributed by atoms with van der Waals surface area (Å²) in [4.78, 5) is 2.38. The van der Waals surface area contributed by atoms with Crippen molar-refractivity contribution in [2.45, 2.75) is 25.8 Å². The van der Waals surface area contributed by atoms with E-state index >= 15 is 0 Å². The molecule has 18 heavy (non-hydrogen) atoms. The number of piperidine rings is 1. The van der Waals surface area contributed by atoms with E-state index in [0.717, 1.165) is 32.5 Å². The molecule has 0 aliphatic carbocycles. The lowest BCUT2D eigenvalue weighted by atomic mass is 10.1. The third kappa shape index (κ3) is 3.21. The summed E-state index contributed by atoms with van der Waals surface area (Å²) in [7, 11) is 0. The fourth-order valence-electron chi connectivity index (χ4n) is 2.43. The zero-order chi connectivity index (χ0) is 13.0. The maximum Gasteiger partial charge on any atom is 0.126 e. The summed E-state index contributed by atoms with van der Waals surface area (Å²) >= 11 is 0. The maximum atomic E-state index is 13.3. The lowest BCUT2D eigenvalue weighted by Crippen LogP contribution is -2.41. The van der Waals surface area contributed by atoms with Gasteiger partial charge in [0.1, 0.15) is 5.82 Å². The lowest BCUT2D eigenvalue weighted by Gasteiger charge is -2.32. The minimum atomic E-state index is -0.361. The van der Waals surface area contributed by atoms with Crippen molar-refractivity contribution in [3.05, 3.63) is 29.6 Å². The van der Waals surface area contributed by atoms with Crippen LogP contribution in [0.2, 0.25) is 0 Å². The Balaban J connectivity index is 2.05. The Hall–Kier alpha value is -1.60. The number of anilines is 1. The van der Waals surface area contributed by atoms with E-state index in [4.69, 9.17) is 5.26 Å². The molecule has 1 aromatic carbocycles. The SMILES string of the molecule is CCN1CCCC(Nc2cc(F)cc(C#N)c2)C1. The van der Waals surface area contributed by atoms with E-state index in [0.29, 0.717) is 17.3 Å². The number of nitriles is 1. The van der Waals surface area contributed by atoms with Gasteiger partial charge >= 0.3 is 0 Å². The molecule has 3 nitrogen and oxygen atoms in total. The van der Waals surface area contributed by atoms with Gasteiger partial charge in [-0.05, 0) is 44.1 Å². The van der Waals surface area contributed by atoms with Gasteiger partial charge in [0.15, 0.2) is 0 Å². The molecule has 1 N–H and O–H groups in total. The van der Waals surface area contributed by atoms with Crippen LogP contribution in [0.1, 0.15) is 25.3 Å². The summed E-state index contributed by atoms with van der Waals surface area (Å²) in [6, 6.07) is 6.72. The molecule has 1 heterocycles. The highest BCUT2D eigenvalue weighted by Crippen LogP contribution is 2.18. The Kier molecular flexibility index (Phi) is 4.16. The number of rotatable bonds is 3. The van der Waals surface area contributed by atoms with Crippen LogP contribution in [0.3, 0.4) is 0 Å². The standard InChI is InChI=1S/C14H18FN3/c1-2-18-5-3-4-13(10-18)17-14-7-11(9-16)6-12(15)8-14/h6-8,13,17H,2-5,10H2,1H3. The first-order valence-electron chi connectivity index (χ1n) is 6.41. The lowest BCUT2D eigenvalue weighted by molar-refractivity contribution is 0.227. The summed E-state index contributed by atoms with van der Waals surface area (Å²) in [5.41, 5.74) is 1.06. The Bertz CT molecular complexity index is 453. The highest BCUT2D eigenvalue weighted by Gasteiger charge is 2.18. The first-order chi connectivity index (χ1) is 8.71. The van der Waals surface area contributed by atoms with E-state index in [-0.39, 0.29) is 5.82 Å². The van der Waals surface area contributed by atoms with E-state index < -0.39 is 0 Å². The smallest absolute Gasteiger partial charge is 0.126 e. The monoisotopic (exact) mass is 247 g/mol. The number of likely N-dealkylation sites (N-methyl/N-ethyl adjacent to an activating group) is 1. The highest BCUT2D eigenvalue weighted by atomic mass is 19.1. The molecule has 0 amide bonds. The molecule has 96 valence electrons. The topological polar surface area (TPSA) is 39.1 Å². The molecular weight excluding hydrogens is 229 g/mol. The molecule has 1 unspecified atom stereocenters. The predicted molar refractivity (Wildman–Crippen MR) is 69.9 cm³/mol. The van der Waals surface area contributed by atoms with Crippen molar-refractivity contribution < 1.29 is 4.39 Å². The van der Waals surface area contributed by atoms with Crippen molar-refractivity contribution >= 4 is 5.69 Å². The van der Waals surface area contributed by atoms with Gasteiger partial charge in [0, 0.05) is 18.3 Å². The van der Waals surface area contributed by atoms with Gasteiger partial charge in [0.2, 0.25) is 0 Å². The molecule has 0 radical (unpaired) electrons. The van der Waals surface area contributed by atoms with Gasteiger partial charge < -0.3 is 10.2 Å². The molecule has 1 saturated heterocycles. The second-order valence-corrected chi connectivity index (χ2v) is 4.72. The predicted octanol–water partition coefficient (Wildman–Crippen LogP) is 2.59. The molecule has 0 bridgehead atoms. The van der Waals surface area contributed by atoms with Gasteiger partial charge in [0.25, 0.3) is 0 Å². The molecule has 1 aromatic rings. The van der Waals surface area contributed by atoms with Crippen molar-refractivity contribution in [2.75, 3.05) is 25.0 Å². The molecule has 0 saturated carbocycles. The number of halogens is 1. The van der Waals surface area contributed by atoms with Crippen molar-refractivity contribution in [1.29, 1.82) is 5.26 Å². The molecule has 1 fully saturated rings. The van der Waals surface area contributed by atoms with Crippen LogP contribution in [0.15, 0.2) is 18.2 Å². The Labute approximate surface area is 107 Å². The van der Waals surface area contributed by atoms with Crippen LogP contribution >= 0.6 is 0 Å². The zero-order valence-electron chi connectivity index (χ0n) is 10.6. The summed E-state index contributed by atoms with van der Waals surface area (Å²) in [6.07, 6.45) is 2.25. The van der Waals surface area contributed by atoms with Crippen molar-refractivity contribution in [2.24, 2.45) is 0 Å². The van der Waals surface area contributed by atoms with E-state index in [1.807, 2.05) is 6.07 Å². The van der Waals surface area contributed by atoms with Crippen LogP contribution in [-0.4, -0.2) is 30.6 Å². The largest absolute Gasteiger partial charge is 0.381 e. The van der Waals surface area contributed by atoms with Crippen LogP contribution in [0, 0.1) is 17.1 Å². The van der Waals surface area contributed by atoms with Crippen molar-refractivity contribution in [3.63, 3.8) is 0 Å². The summed E-state index contributed by atoms with van der Waals surface area (Å²) in [5, 5.41) is 12.1. The van der Waals surface area contributed by atoms with Gasteiger partial charge in [-0.15, -0.1) is 0 Å². The summed E-state index contributed by atoms with van der Waals surface area (Å²) < 4.78 is 13.3. The van der Waals surface area contributed by atoms with Gasteiger partial charge in [-0.2, -0.15) is 5.26 Å². The first-order valence-corrected chi connectivity index (χ1v) is 6.41. The van der Waals surface area contributed by atoms with E-state index in [1.54, 1.807) is 6.07 Å². The molecule has 0 spiro atoms. The number of hydrogen-bond donors (Lipinski definition) is 1. The molecule has 1 aliphatic heterocycles. The fourth-order valence-corrected chi connectivity index (χ4v) is 2.43. The van der Waals surface area contributed by atoms with E-state index in [1.165, 1.54) is 12.1 Å². The third-order valence-electron chi connectivity index (χ3n) is 3.35. The fraction of sp³-hybridized carbons (Fsp3) is 0.500. The molecule has 1 aliphatic rings. The number of hydrogen-bond acceptors (Lipinski definition) is 3. The molecule has 0 aromatic heterocycles. The Morgan fingerprint density at radius 1 is 1.50 bits per heavy atom. The minimum Gasteiger partial charge on any atom is -0.381 e. The van der Waals surface area contributed by atoms with Crippen molar-refractivity contribution in [1.82, 2.24) is 4.90 Å². The van der Waals surface area contributed by atoms with Crippen LogP contribution in [0.5, 0.6) is 0 Å². The normalized spacial score (nSPS) is 20.4. The van der Waals surface area contributed by atoms with Gasteiger partial charge in [-0.3, -0.25) is 0 Å². The summed E-state index contributed by atoms with van der Waals surface area (Å²) in [6.45, 7) is 5.32. The quantitative estimate of drug-likeness (QED) is 0.892.